The van der Waals surface area contributed by atoms with E-state index >= 15 is 0 Å². The maximum atomic E-state index is 11.9. The van der Waals surface area contributed by atoms with Gasteiger partial charge in [0, 0.05) is 19.3 Å². The SMILES string of the molecule is COC(=O)c1cnc(Cl)c(Br)c1N1CCCC(C)C1. The number of methoxy groups -OCH3 is 1. The van der Waals surface area contributed by atoms with Crippen LogP contribution in [0, 0.1) is 5.92 Å². The summed E-state index contributed by atoms with van der Waals surface area (Å²) in [7, 11) is 1.37. The molecular formula is C13H16BrClN2O2. The molecule has 0 aromatic carbocycles. The number of anilines is 1. The monoisotopic (exact) mass is 346 g/mol. The van der Waals surface area contributed by atoms with Gasteiger partial charge in [0.2, 0.25) is 0 Å². The highest BCUT2D eigenvalue weighted by molar-refractivity contribution is 9.10. The Morgan fingerprint density at radius 1 is 1.63 bits per heavy atom. The molecule has 0 radical (unpaired) electrons. The summed E-state index contributed by atoms with van der Waals surface area (Å²) in [5.41, 5.74) is 1.24. The zero-order valence-electron chi connectivity index (χ0n) is 10.9. The lowest BCUT2D eigenvalue weighted by Crippen LogP contribution is -2.35. The molecule has 1 unspecified atom stereocenters. The minimum Gasteiger partial charge on any atom is -0.465 e. The number of rotatable bonds is 2. The quantitative estimate of drug-likeness (QED) is 0.606. The summed E-state index contributed by atoms with van der Waals surface area (Å²) in [6.07, 6.45) is 3.79. The highest BCUT2D eigenvalue weighted by Crippen LogP contribution is 2.37. The van der Waals surface area contributed by atoms with E-state index in [0.29, 0.717) is 21.1 Å². The van der Waals surface area contributed by atoms with E-state index in [0.717, 1.165) is 25.2 Å². The Kier molecular flexibility index (Phi) is 4.68. The van der Waals surface area contributed by atoms with E-state index in [1.807, 2.05) is 0 Å². The number of aromatic nitrogens is 1. The van der Waals surface area contributed by atoms with Gasteiger partial charge >= 0.3 is 5.97 Å². The normalized spacial score (nSPS) is 19.4. The Morgan fingerprint density at radius 3 is 3.00 bits per heavy atom. The van der Waals surface area contributed by atoms with E-state index in [-0.39, 0.29) is 0 Å². The maximum absolute atomic E-state index is 11.9. The van der Waals surface area contributed by atoms with Crippen LogP contribution in [0.2, 0.25) is 5.15 Å². The van der Waals surface area contributed by atoms with Gasteiger partial charge in [0.15, 0.2) is 0 Å². The number of pyridine rings is 1. The van der Waals surface area contributed by atoms with E-state index in [1.54, 1.807) is 0 Å². The van der Waals surface area contributed by atoms with Crippen LogP contribution in [0.15, 0.2) is 10.7 Å². The van der Waals surface area contributed by atoms with Gasteiger partial charge in [-0.1, -0.05) is 18.5 Å². The van der Waals surface area contributed by atoms with Crippen molar-refractivity contribution in [2.75, 3.05) is 25.1 Å². The number of carbonyl (C=O) groups is 1. The lowest BCUT2D eigenvalue weighted by atomic mass is 9.99. The molecule has 2 rings (SSSR count). The predicted molar refractivity (Wildman–Crippen MR) is 78.9 cm³/mol. The molecule has 1 aliphatic rings. The number of esters is 1. The van der Waals surface area contributed by atoms with Crippen molar-refractivity contribution in [2.45, 2.75) is 19.8 Å². The van der Waals surface area contributed by atoms with Gasteiger partial charge in [-0.25, -0.2) is 9.78 Å². The molecule has 1 aromatic rings. The standard InChI is InChI=1S/C13H16BrClN2O2/c1-8-4-3-5-17(7-8)11-9(13(18)19-2)6-16-12(15)10(11)14/h6,8H,3-5,7H2,1-2H3. The number of hydrogen-bond donors (Lipinski definition) is 0. The van der Waals surface area contributed by atoms with Crippen LogP contribution >= 0.6 is 27.5 Å². The fourth-order valence-electron chi connectivity index (χ4n) is 2.42. The molecule has 4 nitrogen and oxygen atoms in total. The van der Waals surface area contributed by atoms with E-state index in [4.69, 9.17) is 16.3 Å². The second-order valence-electron chi connectivity index (χ2n) is 4.81. The summed E-state index contributed by atoms with van der Waals surface area (Å²) in [6, 6.07) is 0. The molecule has 1 aromatic heterocycles. The largest absolute Gasteiger partial charge is 0.465 e. The number of halogens is 2. The van der Waals surface area contributed by atoms with Gasteiger partial charge in [0.1, 0.15) is 10.7 Å². The molecule has 0 amide bonds. The molecule has 6 heteroatoms. The van der Waals surface area contributed by atoms with Crippen molar-refractivity contribution in [1.82, 2.24) is 4.98 Å². The Morgan fingerprint density at radius 2 is 2.37 bits per heavy atom. The molecule has 0 spiro atoms. The second kappa shape index (κ2) is 6.09. The van der Waals surface area contributed by atoms with Gasteiger partial charge in [-0.15, -0.1) is 0 Å². The molecular weight excluding hydrogens is 332 g/mol. The van der Waals surface area contributed by atoms with Gasteiger partial charge in [0.05, 0.1) is 17.3 Å². The van der Waals surface area contributed by atoms with Gasteiger partial charge in [-0.05, 0) is 34.7 Å². The van der Waals surface area contributed by atoms with Crippen molar-refractivity contribution in [2.24, 2.45) is 5.92 Å². The summed E-state index contributed by atoms with van der Waals surface area (Å²) in [5, 5.41) is 0.362. The van der Waals surface area contributed by atoms with Crippen LogP contribution in [0.25, 0.3) is 0 Å². The first kappa shape index (κ1) is 14.6. The van der Waals surface area contributed by atoms with Crippen molar-refractivity contribution >= 4 is 39.2 Å². The molecule has 104 valence electrons. The third-order valence-electron chi connectivity index (χ3n) is 3.33. The van der Waals surface area contributed by atoms with Gasteiger partial charge in [-0.2, -0.15) is 0 Å². The Balaban J connectivity index is 2.46. The van der Waals surface area contributed by atoms with E-state index in [9.17, 15) is 4.79 Å². The van der Waals surface area contributed by atoms with Crippen LogP contribution in [0.4, 0.5) is 5.69 Å². The summed E-state index contributed by atoms with van der Waals surface area (Å²) in [6.45, 7) is 4.02. The second-order valence-corrected chi connectivity index (χ2v) is 5.96. The molecule has 0 bridgehead atoms. The van der Waals surface area contributed by atoms with E-state index in [1.165, 1.54) is 19.7 Å². The van der Waals surface area contributed by atoms with Crippen molar-refractivity contribution in [3.05, 3.63) is 21.4 Å². The van der Waals surface area contributed by atoms with Crippen molar-refractivity contribution in [3.63, 3.8) is 0 Å². The summed E-state index contributed by atoms with van der Waals surface area (Å²) >= 11 is 9.49. The Labute approximate surface area is 126 Å². The Hall–Kier alpha value is -0.810. The molecule has 0 N–H and O–H groups in total. The van der Waals surface area contributed by atoms with Gasteiger partial charge in [-0.3, -0.25) is 0 Å². The minimum atomic E-state index is -0.391. The third-order valence-corrected chi connectivity index (χ3v) is 4.60. The number of hydrogen-bond acceptors (Lipinski definition) is 4. The fourth-order valence-corrected chi connectivity index (χ4v) is 3.12. The molecule has 0 saturated carbocycles. The van der Waals surface area contributed by atoms with Crippen molar-refractivity contribution in [1.29, 1.82) is 0 Å². The molecule has 1 atom stereocenters. The highest BCUT2D eigenvalue weighted by atomic mass is 79.9. The Bertz CT molecular complexity index is 496. The average molecular weight is 348 g/mol. The van der Waals surface area contributed by atoms with E-state index < -0.39 is 5.97 Å². The first-order valence-corrected chi connectivity index (χ1v) is 7.39. The van der Waals surface area contributed by atoms with Crippen LogP contribution in [0.5, 0.6) is 0 Å². The van der Waals surface area contributed by atoms with Gasteiger partial charge < -0.3 is 9.64 Å². The first-order valence-electron chi connectivity index (χ1n) is 6.21. The molecule has 1 fully saturated rings. The lowest BCUT2D eigenvalue weighted by Gasteiger charge is -2.34. The van der Waals surface area contributed by atoms with Crippen LogP contribution in [-0.4, -0.2) is 31.2 Å². The fraction of sp³-hybridized carbons (Fsp3) is 0.538. The topological polar surface area (TPSA) is 42.4 Å². The van der Waals surface area contributed by atoms with Crippen LogP contribution in [0.3, 0.4) is 0 Å². The zero-order chi connectivity index (χ0) is 14.0. The minimum absolute atomic E-state index is 0.362. The van der Waals surface area contributed by atoms with Crippen molar-refractivity contribution < 1.29 is 9.53 Å². The summed E-state index contributed by atoms with van der Waals surface area (Å²) in [5.74, 6) is 0.205. The zero-order valence-corrected chi connectivity index (χ0v) is 13.3. The number of carbonyl (C=O) groups excluding carboxylic acids is 1. The summed E-state index contributed by atoms with van der Waals surface area (Å²) < 4.78 is 5.48. The molecule has 1 aliphatic heterocycles. The van der Waals surface area contributed by atoms with E-state index in [2.05, 4.69) is 32.7 Å². The maximum Gasteiger partial charge on any atom is 0.341 e. The average Bonchev–Trinajstić information content (AvgIpc) is 2.40. The third kappa shape index (κ3) is 3.03. The van der Waals surface area contributed by atoms with Gasteiger partial charge in [0.25, 0.3) is 0 Å². The van der Waals surface area contributed by atoms with Crippen LogP contribution in [-0.2, 0) is 4.74 Å². The molecule has 2 heterocycles. The highest BCUT2D eigenvalue weighted by Gasteiger charge is 2.25. The predicted octanol–water partition coefficient (Wildman–Crippen LogP) is 3.52. The molecule has 19 heavy (non-hydrogen) atoms. The van der Waals surface area contributed by atoms with Crippen molar-refractivity contribution in [3.8, 4) is 0 Å². The molecule has 1 saturated heterocycles. The number of piperidine rings is 1. The molecule has 0 aliphatic carbocycles. The first-order chi connectivity index (χ1) is 9.04. The lowest BCUT2D eigenvalue weighted by molar-refractivity contribution is 0.0600. The number of ether oxygens (including phenoxy) is 1. The summed E-state index contributed by atoms with van der Waals surface area (Å²) in [4.78, 5) is 18.1. The number of nitrogens with zero attached hydrogens (tertiary/aromatic N) is 2. The smallest absolute Gasteiger partial charge is 0.341 e. The van der Waals surface area contributed by atoms with Crippen LogP contribution < -0.4 is 4.90 Å². The van der Waals surface area contributed by atoms with Crippen LogP contribution in [0.1, 0.15) is 30.1 Å².